The summed E-state index contributed by atoms with van der Waals surface area (Å²) in [6.45, 7) is 0.788. The molecule has 0 spiro atoms. The van der Waals surface area contributed by atoms with Crippen LogP contribution in [0.15, 0.2) is 40.9 Å². The molecule has 1 atom stereocenters. The lowest BCUT2D eigenvalue weighted by atomic mass is 10.1. The molecule has 1 saturated heterocycles. The maximum atomic E-state index is 12.9. The lowest BCUT2D eigenvalue weighted by Crippen LogP contribution is -2.36. The van der Waals surface area contributed by atoms with Crippen LogP contribution in [0.4, 0.5) is 0 Å². The molecule has 1 saturated carbocycles. The maximum Gasteiger partial charge on any atom is 0.274 e. The van der Waals surface area contributed by atoms with Crippen LogP contribution in [0.25, 0.3) is 11.5 Å². The molecule has 2 fully saturated rings. The Morgan fingerprint density at radius 3 is 2.89 bits per heavy atom. The number of benzene rings is 1. The van der Waals surface area contributed by atoms with Crippen LogP contribution >= 0.6 is 0 Å². The number of aryl methyl sites for hydroxylation is 1. The highest BCUT2D eigenvalue weighted by Crippen LogP contribution is 2.39. The van der Waals surface area contributed by atoms with E-state index in [0.29, 0.717) is 29.7 Å². The molecule has 5 rings (SSSR count). The van der Waals surface area contributed by atoms with Gasteiger partial charge in [-0.15, -0.1) is 0 Å². The van der Waals surface area contributed by atoms with E-state index in [9.17, 15) is 4.79 Å². The lowest BCUT2D eigenvalue weighted by molar-refractivity contribution is 0.0724. The highest BCUT2D eigenvalue weighted by Gasteiger charge is 2.32. The van der Waals surface area contributed by atoms with E-state index in [4.69, 9.17) is 4.52 Å². The van der Waals surface area contributed by atoms with Gasteiger partial charge in [0.25, 0.3) is 11.8 Å². The van der Waals surface area contributed by atoms with E-state index in [1.165, 1.54) is 12.8 Å². The molecule has 1 N–H and O–H groups in total. The molecule has 144 valence electrons. The molecule has 3 heterocycles. The van der Waals surface area contributed by atoms with Crippen molar-refractivity contribution < 1.29 is 9.32 Å². The third-order valence-electron chi connectivity index (χ3n) is 5.66. The predicted molar refractivity (Wildman–Crippen MR) is 103 cm³/mol. The van der Waals surface area contributed by atoms with Gasteiger partial charge in [-0.1, -0.05) is 23.4 Å². The van der Waals surface area contributed by atoms with Crippen molar-refractivity contribution in [2.45, 2.75) is 50.5 Å². The number of rotatable bonds is 6. The van der Waals surface area contributed by atoms with E-state index in [1.807, 2.05) is 41.3 Å². The monoisotopic (exact) mass is 377 g/mol. The van der Waals surface area contributed by atoms with E-state index in [0.717, 1.165) is 37.1 Å². The number of aromatic amines is 1. The summed E-state index contributed by atoms with van der Waals surface area (Å²) in [6.07, 6.45) is 5.95. The minimum absolute atomic E-state index is 0.0312. The van der Waals surface area contributed by atoms with Crippen LogP contribution in [0, 0.1) is 0 Å². The second kappa shape index (κ2) is 7.22. The van der Waals surface area contributed by atoms with E-state index in [1.54, 1.807) is 0 Å². The van der Waals surface area contributed by atoms with E-state index >= 15 is 0 Å². The fourth-order valence-electron chi connectivity index (χ4n) is 3.95. The van der Waals surface area contributed by atoms with Gasteiger partial charge in [0.15, 0.2) is 5.82 Å². The van der Waals surface area contributed by atoms with Crippen LogP contribution < -0.4 is 0 Å². The fourth-order valence-corrected chi connectivity index (χ4v) is 3.95. The van der Waals surface area contributed by atoms with Gasteiger partial charge in [-0.3, -0.25) is 9.89 Å². The first-order valence-electron chi connectivity index (χ1n) is 10.0. The first-order chi connectivity index (χ1) is 13.8. The van der Waals surface area contributed by atoms with Crippen molar-refractivity contribution in [3.8, 4) is 11.5 Å². The van der Waals surface area contributed by atoms with Crippen molar-refractivity contribution in [1.29, 1.82) is 0 Å². The summed E-state index contributed by atoms with van der Waals surface area (Å²) in [7, 11) is 0. The SMILES string of the molecule is O=C(c1cc(C2CC2)[nH]n1)N1CCCC1CCc1noc(-c2ccccc2)n1. The van der Waals surface area contributed by atoms with Crippen molar-refractivity contribution in [1.82, 2.24) is 25.2 Å². The molecule has 1 aliphatic heterocycles. The number of nitrogens with zero attached hydrogens (tertiary/aromatic N) is 4. The van der Waals surface area contributed by atoms with Crippen LogP contribution in [0.1, 0.15) is 60.0 Å². The van der Waals surface area contributed by atoms with Gasteiger partial charge in [-0.2, -0.15) is 10.1 Å². The Morgan fingerprint density at radius 2 is 2.07 bits per heavy atom. The Labute approximate surface area is 163 Å². The molecule has 7 heteroatoms. The van der Waals surface area contributed by atoms with Crippen LogP contribution in [0.5, 0.6) is 0 Å². The second-order valence-corrected chi connectivity index (χ2v) is 7.70. The van der Waals surface area contributed by atoms with Gasteiger partial charge in [0, 0.05) is 36.2 Å². The summed E-state index contributed by atoms with van der Waals surface area (Å²) in [4.78, 5) is 19.4. The van der Waals surface area contributed by atoms with Crippen LogP contribution in [0.3, 0.4) is 0 Å². The van der Waals surface area contributed by atoms with Gasteiger partial charge in [-0.25, -0.2) is 0 Å². The summed E-state index contributed by atoms with van der Waals surface area (Å²) in [5, 5.41) is 11.4. The van der Waals surface area contributed by atoms with E-state index in [2.05, 4.69) is 20.3 Å². The minimum Gasteiger partial charge on any atom is -0.334 e. The number of amides is 1. The van der Waals surface area contributed by atoms with Gasteiger partial charge in [0.2, 0.25) is 0 Å². The zero-order valence-electron chi connectivity index (χ0n) is 15.7. The van der Waals surface area contributed by atoms with Crippen molar-refractivity contribution in [3.63, 3.8) is 0 Å². The van der Waals surface area contributed by atoms with Crippen LogP contribution in [-0.4, -0.2) is 43.7 Å². The number of nitrogens with one attached hydrogen (secondary N) is 1. The number of carbonyl (C=O) groups excluding carboxylic acids is 1. The molecule has 1 aliphatic carbocycles. The largest absolute Gasteiger partial charge is 0.334 e. The summed E-state index contributed by atoms with van der Waals surface area (Å²) < 4.78 is 5.38. The number of carbonyl (C=O) groups is 1. The topological polar surface area (TPSA) is 87.9 Å². The van der Waals surface area contributed by atoms with Crippen LogP contribution in [-0.2, 0) is 6.42 Å². The quantitative estimate of drug-likeness (QED) is 0.709. The standard InChI is InChI=1S/C21H23N5O2/c27-21(18-13-17(23-24-18)14-8-9-14)26-12-4-7-16(26)10-11-19-22-20(28-25-19)15-5-2-1-3-6-15/h1-3,5-6,13-14,16H,4,7-12H2,(H,23,24). The molecule has 3 aromatic rings. The highest BCUT2D eigenvalue weighted by atomic mass is 16.5. The van der Waals surface area contributed by atoms with Crippen molar-refractivity contribution in [2.24, 2.45) is 0 Å². The number of hydrogen-bond acceptors (Lipinski definition) is 5. The zero-order chi connectivity index (χ0) is 18.9. The first kappa shape index (κ1) is 17.2. The molecule has 28 heavy (non-hydrogen) atoms. The molecule has 1 aromatic carbocycles. The normalized spacial score (nSPS) is 19.3. The highest BCUT2D eigenvalue weighted by molar-refractivity contribution is 5.92. The van der Waals surface area contributed by atoms with Crippen molar-refractivity contribution in [2.75, 3.05) is 6.54 Å². The number of aromatic nitrogens is 4. The molecule has 1 amide bonds. The molecule has 0 radical (unpaired) electrons. The second-order valence-electron chi connectivity index (χ2n) is 7.70. The molecule has 7 nitrogen and oxygen atoms in total. The van der Waals surface area contributed by atoms with Crippen molar-refractivity contribution in [3.05, 3.63) is 53.6 Å². The average Bonchev–Trinajstić information content (AvgIpc) is 3.16. The average molecular weight is 377 g/mol. The van der Waals surface area contributed by atoms with E-state index in [-0.39, 0.29) is 11.9 Å². The molecule has 1 unspecified atom stereocenters. The Kier molecular flexibility index (Phi) is 4.43. The summed E-state index contributed by atoms with van der Waals surface area (Å²) in [5.41, 5.74) is 2.56. The van der Waals surface area contributed by atoms with Gasteiger partial charge >= 0.3 is 0 Å². The number of likely N-dealkylation sites (tertiary alicyclic amines) is 1. The minimum atomic E-state index is 0.0312. The van der Waals surface area contributed by atoms with Gasteiger partial charge in [0.05, 0.1) is 0 Å². The third kappa shape index (κ3) is 3.44. The smallest absolute Gasteiger partial charge is 0.274 e. The zero-order valence-corrected chi connectivity index (χ0v) is 15.7. The fraction of sp³-hybridized carbons (Fsp3) is 0.429. The Hall–Kier alpha value is -2.96. The predicted octanol–water partition coefficient (Wildman–Crippen LogP) is 3.57. The van der Waals surface area contributed by atoms with Crippen molar-refractivity contribution >= 4 is 5.91 Å². The van der Waals surface area contributed by atoms with Gasteiger partial charge in [-0.05, 0) is 50.3 Å². The first-order valence-corrected chi connectivity index (χ1v) is 10.0. The molecular formula is C21H23N5O2. The summed E-state index contributed by atoms with van der Waals surface area (Å²) in [5.74, 6) is 1.83. The van der Waals surface area contributed by atoms with Gasteiger partial charge < -0.3 is 9.42 Å². The summed E-state index contributed by atoms with van der Waals surface area (Å²) >= 11 is 0. The van der Waals surface area contributed by atoms with E-state index < -0.39 is 0 Å². The number of hydrogen-bond donors (Lipinski definition) is 1. The summed E-state index contributed by atoms with van der Waals surface area (Å²) in [6, 6.07) is 11.9. The molecule has 0 bridgehead atoms. The lowest BCUT2D eigenvalue weighted by Gasteiger charge is -2.23. The third-order valence-corrected chi connectivity index (χ3v) is 5.66. The maximum absolute atomic E-state index is 12.9. The molecule has 2 aromatic heterocycles. The number of H-pyrrole nitrogens is 1. The molecule has 2 aliphatic rings. The molecular weight excluding hydrogens is 354 g/mol. The van der Waals surface area contributed by atoms with Crippen LogP contribution in [0.2, 0.25) is 0 Å². The Morgan fingerprint density at radius 1 is 1.21 bits per heavy atom. The Bertz CT molecular complexity index is 960. The Balaban J connectivity index is 1.22. The van der Waals surface area contributed by atoms with Gasteiger partial charge in [0.1, 0.15) is 5.69 Å².